The molecule has 1 fully saturated rings. The van der Waals surface area contributed by atoms with E-state index in [0.29, 0.717) is 6.42 Å². The Morgan fingerprint density at radius 3 is 2.73 bits per heavy atom. The van der Waals surface area contributed by atoms with E-state index in [9.17, 15) is 14.4 Å². The van der Waals surface area contributed by atoms with Crippen LogP contribution < -0.4 is 15.5 Å². The molecule has 1 saturated heterocycles. The SMILES string of the molecule is CNC(=O)C(CCC=O)N(C)C(=O)Cc1cccc(N2CCNCC2)c1. The summed E-state index contributed by atoms with van der Waals surface area (Å²) in [5.74, 6) is -0.390. The van der Waals surface area contributed by atoms with Gasteiger partial charge in [0, 0.05) is 52.4 Å². The van der Waals surface area contributed by atoms with Crippen LogP contribution in [0, 0.1) is 0 Å². The van der Waals surface area contributed by atoms with Crippen molar-refractivity contribution in [1.82, 2.24) is 15.5 Å². The molecule has 26 heavy (non-hydrogen) atoms. The summed E-state index contributed by atoms with van der Waals surface area (Å²) >= 11 is 0. The smallest absolute Gasteiger partial charge is 0.242 e. The molecular weight excluding hydrogens is 332 g/mol. The number of aldehydes is 1. The number of likely N-dealkylation sites (N-methyl/N-ethyl adjacent to an activating group) is 2. The van der Waals surface area contributed by atoms with Gasteiger partial charge in [-0.3, -0.25) is 9.59 Å². The first-order valence-electron chi connectivity index (χ1n) is 9.02. The van der Waals surface area contributed by atoms with Gasteiger partial charge in [0.15, 0.2) is 0 Å². The fraction of sp³-hybridized carbons (Fsp3) is 0.526. The number of piperazine rings is 1. The van der Waals surface area contributed by atoms with Crippen molar-refractivity contribution in [2.45, 2.75) is 25.3 Å². The van der Waals surface area contributed by atoms with E-state index in [1.165, 1.54) is 11.9 Å². The molecule has 1 unspecified atom stereocenters. The highest BCUT2D eigenvalue weighted by molar-refractivity contribution is 5.88. The van der Waals surface area contributed by atoms with Crippen LogP contribution in [0.1, 0.15) is 18.4 Å². The zero-order chi connectivity index (χ0) is 18.9. The third-order valence-electron chi connectivity index (χ3n) is 4.72. The molecule has 1 aromatic rings. The quantitative estimate of drug-likeness (QED) is 0.647. The molecule has 1 aliphatic heterocycles. The van der Waals surface area contributed by atoms with Crippen LogP contribution in [-0.2, 0) is 20.8 Å². The predicted molar refractivity (Wildman–Crippen MR) is 101 cm³/mol. The van der Waals surface area contributed by atoms with E-state index >= 15 is 0 Å². The van der Waals surface area contributed by atoms with Crippen LogP contribution >= 0.6 is 0 Å². The van der Waals surface area contributed by atoms with E-state index in [0.717, 1.165) is 43.7 Å². The number of nitrogens with zero attached hydrogens (tertiary/aromatic N) is 2. The minimum atomic E-state index is -0.631. The molecule has 2 N–H and O–H groups in total. The zero-order valence-electron chi connectivity index (χ0n) is 15.5. The van der Waals surface area contributed by atoms with Crippen LogP contribution in [0.2, 0.25) is 0 Å². The second-order valence-corrected chi connectivity index (χ2v) is 6.46. The highest BCUT2D eigenvalue weighted by Gasteiger charge is 2.25. The number of carbonyl (C=O) groups is 3. The molecule has 1 aromatic carbocycles. The fourth-order valence-electron chi connectivity index (χ4n) is 3.15. The summed E-state index contributed by atoms with van der Waals surface area (Å²) in [5, 5.41) is 5.89. The lowest BCUT2D eigenvalue weighted by molar-refractivity contribution is -0.138. The van der Waals surface area contributed by atoms with Crippen molar-refractivity contribution in [2.75, 3.05) is 45.2 Å². The Balaban J connectivity index is 2.04. The highest BCUT2D eigenvalue weighted by atomic mass is 16.2. The van der Waals surface area contributed by atoms with Crippen molar-refractivity contribution < 1.29 is 14.4 Å². The average molecular weight is 360 g/mol. The van der Waals surface area contributed by atoms with Gasteiger partial charge in [-0.1, -0.05) is 12.1 Å². The predicted octanol–water partition coefficient (Wildman–Crippen LogP) is 0.191. The second-order valence-electron chi connectivity index (χ2n) is 6.46. The summed E-state index contributed by atoms with van der Waals surface area (Å²) in [6.07, 6.45) is 1.57. The van der Waals surface area contributed by atoms with E-state index in [1.54, 1.807) is 7.05 Å². The van der Waals surface area contributed by atoms with E-state index < -0.39 is 6.04 Å². The van der Waals surface area contributed by atoms with Crippen LogP contribution in [-0.4, -0.2) is 69.3 Å². The van der Waals surface area contributed by atoms with Crippen molar-refractivity contribution in [3.63, 3.8) is 0 Å². The molecule has 2 rings (SSSR count). The number of benzene rings is 1. The lowest BCUT2D eigenvalue weighted by Gasteiger charge is -2.30. The van der Waals surface area contributed by atoms with Gasteiger partial charge < -0.3 is 25.2 Å². The number of hydrogen-bond acceptors (Lipinski definition) is 5. The lowest BCUT2D eigenvalue weighted by Crippen LogP contribution is -2.47. The van der Waals surface area contributed by atoms with Crippen LogP contribution in [0.3, 0.4) is 0 Å². The standard InChI is InChI=1S/C19H28N4O3/c1-20-19(26)17(7-4-12-24)22(2)18(25)14-15-5-3-6-16(13-15)23-10-8-21-9-11-23/h3,5-6,12-13,17,21H,4,7-11,14H2,1-2H3,(H,20,26). The molecule has 7 nitrogen and oxygen atoms in total. The van der Waals surface area contributed by atoms with Crippen molar-refractivity contribution in [3.8, 4) is 0 Å². The maximum atomic E-state index is 12.7. The van der Waals surface area contributed by atoms with Crippen LogP contribution in [0.15, 0.2) is 24.3 Å². The first-order valence-corrected chi connectivity index (χ1v) is 9.02. The molecule has 0 saturated carbocycles. The molecule has 0 bridgehead atoms. The number of carbonyl (C=O) groups excluding carboxylic acids is 3. The van der Waals surface area contributed by atoms with Gasteiger partial charge in [-0.2, -0.15) is 0 Å². The molecule has 7 heteroatoms. The highest BCUT2D eigenvalue weighted by Crippen LogP contribution is 2.18. The monoisotopic (exact) mass is 360 g/mol. The largest absolute Gasteiger partial charge is 0.369 e. The topological polar surface area (TPSA) is 81.8 Å². The normalized spacial score (nSPS) is 15.2. The first-order chi connectivity index (χ1) is 12.6. The Labute approximate surface area is 154 Å². The van der Waals surface area contributed by atoms with Crippen molar-refractivity contribution in [1.29, 1.82) is 0 Å². The molecule has 0 radical (unpaired) electrons. The van der Waals surface area contributed by atoms with Gasteiger partial charge in [0.05, 0.1) is 6.42 Å². The number of nitrogens with one attached hydrogen (secondary N) is 2. The van der Waals surface area contributed by atoms with Crippen molar-refractivity contribution in [3.05, 3.63) is 29.8 Å². The van der Waals surface area contributed by atoms with Crippen LogP contribution in [0.4, 0.5) is 5.69 Å². The molecule has 0 spiro atoms. The van der Waals surface area contributed by atoms with E-state index in [4.69, 9.17) is 0 Å². The Morgan fingerprint density at radius 1 is 1.35 bits per heavy atom. The summed E-state index contributed by atoms with van der Waals surface area (Å²) in [5.41, 5.74) is 2.03. The first kappa shape index (κ1) is 19.9. The van der Waals surface area contributed by atoms with Crippen molar-refractivity contribution >= 4 is 23.8 Å². The third-order valence-corrected chi connectivity index (χ3v) is 4.72. The Bertz CT molecular complexity index is 629. The van der Waals surface area contributed by atoms with Gasteiger partial charge in [0.2, 0.25) is 11.8 Å². The molecule has 1 aliphatic rings. The molecule has 1 atom stereocenters. The molecule has 1 heterocycles. The second kappa shape index (κ2) is 9.91. The van der Waals surface area contributed by atoms with Gasteiger partial charge in [0.25, 0.3) is 0 Å². The van der Waals surface area contributed by atoms with Gasteiger partial charge in [-0.15, -0.1) is 0 Å². The van der Waals surface area contributed by atoms with E-state index in [1.807, 2.05) is 18.2 Å². The summed E-state index contributed by atoms with van der Waals surface area (Å²) in [6.45, 7) is 3.80. The summed E-state index contributed by atoms with van der Waals surface area (Å²) in [4.78, 5) is 39.1. The molecule has 142 valence electrons. The number of anilines is 1. The number of hydrogen-bond donors (Lipinski definition) is 2. The zero-order valence-corrected chi connectivity index (χ0v) is 15.5. The van der Waals surface area contributed by atoms with Crippen molar-refractivity contribution in [2.24, 2.45) is 0 Å². The van der Waals surface area contributed by atoms with Gasteiger partial charge in [-0.25, -0.2) is 0 Å². The van der Waals surface area contributed by atoms with E-state index in [2.05, 4.69) is 21.6 Å². The maximum Gasteiger partial charge on any atom is 0.242 e. The average Bonchev–Trinajstić information content (AvgIpc) is 2.68. The molecular formula is C19H28N4O3. The minimum absolute atomic E-state index is 0.137. The fourth-order valence-corrected chi connectivity index (χ4v) is 3.15. The Kier molecular flexibility index (Phi) is 7.59. The lowest BCUT2D eigenvalue weighted by atomic mass is 10.1. The van der Waals surface area contributed by atoms with E-state index in [-0.39, 0.29) is 24.7 Å². The maximum absolute atomic E-state index is 12.7. The number of rotatable bonds is 8. The molecule has 0 aromatic heterocycles. The molecule has 0 aliphatic carbocycles. The van der Waals surface area contributed by atoms with Crippen LogP contribution in [0.25, 0.3) is 0 Å². The van der Waals surface area contributed by atoms with Crippen LogP contribution in [0.5, 0.6) is 0 Å². The summed E-state index contributed by atoms with van der Waals surface area (Å²) in [7, 11) is 3.15. The molecule has 2 amide bonds. The summed E-state index contributed by atoms with van der Waals surface area (Å²) in [6, 6.07) is 7.35. The number of amides is 2. The minimum Gasteiger partial charge on any atom is -0.369 e. The Hall–Kier alpha value is -2.41. The van der Waals surface area contributed by atoms with Gasteiger partial charge in [-0.05, 0) is 24.1 Å². The third kappa shape index (κ3) is 5.29. The van der Waals surface area contributed by atoms with Gasteiger partial charge in [0.1, 0.15) is 12.3 Å². The Morgan fingerprint density at radius 2 is 2.08 bits per heavy atom. The summed E-state index contributed by atoms with van der Waals surface area (Å²) < 4.78 is 0. The van der Waals surface area contributed by atoms with Gasteiger partial charge >= 0.3 is 0 Å².